The van der Waals surface area contributed by atoms with Crippen LogP contribution in [0, 0.1) is 5.92 Å². The molecule has 2 nitrogen and oxygen atoms in total. The van der Waals surface area contributed by atoms with Gasteiger partial charge in [-0.1, -0.05) is 36.4 Å². The van der Waals surface area contributed by atoms with Gasteiger partial charge in [-0.3, -0.25) is 4.90 Å². The predicted molar refractivity (Wildman–Crippen MR) is 80.1 cm³/mol. The van der Waals surface area contributed by atoms with Crippen LogP contribution in [-0.2, 0) is 0 Å². The van der Waals surface area contributed by atoms with Gasteiger partial charge in [0.25, 0.3) is 0 Å². The molecule has 3 rings (SSSR count). The van der Waals surface area contributed by atoms with Crippen LogP contribution in [0.15, 0.2) is 43.0 Å². The highest BCUT2D eigenvalue weighted by atomic mass is 15.2. The summed E-state index contributed by atoms with van der Waals surface area (Å²) in [5.41, 5.74) is 1.44. The summed E-state index contributed by atoms with van der Waals surface area (Å²) in [5.74, 6) is 0.933. The maximum atomic E-state index is 3.87. The molecule has 0 bridgehead atoms. The third kappa shape index (κ3) is 3.07. The minimum absolute atomic E-state index is 0.524. The number of benzene rings is 1. The van der Waals surface area contributed by atoms with Gasteiger partial charge in [0, 0.05) is 31.7 Å². The van der Waals surface area contributed by atoms with Crippen LogP contribution in [0.5, 0.6) is 0 Å². The van der Waals surface area contributed by atoms with Crippen LogP contribution < -0.4 is 5.32 Å². The number of piperazine rings is 1. The van der Waals surface area contributed by atoms with Crippen molar-refractivity contribution in [3.05, 3.63) is 48.6 Å². The quantitative estimate of drug-likeness (QED) is 0.815. The Morgan fingerprint density at radius 1 is 1.26 bits per heavy atom. The van der Waals surface area contributed by atoms with E-state index >= 15 is 0 Å². The standard InChI is InChI=1S/C17H24N2/c1-2-3-11-19-13-16(14-9-10-14)18-12-17(19)15-7-5-4-6-8-15/h2,4-8,14,16-18H,1,3,9-13H2. The van der Waals surface area contributed by atoms with E-state index in [0.29, 0.717) is 12.1 Å². The van der Waals surface area contributed by atoms with Crippen LogP contribution in [0.2, 0.25) is 0 Å². The Balaban J connectivity index is 1.71. The van der Waals surface area contributed by atoms with E-state index in [1.54, 1.807) is 0 Å². The van der Waals surface area contributed by atoms with E-state index in [1.807, 2.05) is 6.08 Å². The van der Waals surface area contributed by atoms with Crippen molar-refractivity contribution in [2.24, 2.45) is 5.92 Å². The molecule has 0 radical (unpaired) electrons. The summed E-state index contributed by atoms with van der Waals surface area (Å²) < 4.78 is 0. The summed E-state index contributed by atoms with van der Waals surface area (Å²) in [6.07, 6.45) is 5.96. The summed E-state index contributed by atoms with van der Waals surface area (Å²) in [5, 5.41) is 3.77. The Labute approximate surface area is 116 Å². The highest BCUT2D eigenvalue weighted by Gasteiger charge is 2.37. The van der Waals surface area contributed by atoms with Crippen LogP contribution in [-0.4, -0.2) is 30.6 Å². The van der Waals surface area contributed by atoms with Crippen LogP contribution in [0.1, 0.15) is 30.9 Å². The molecule has 2 heteroatoms. The van der Waals surface area contributed by atoms with Crippen molar-refractivity contribution < 1.29 is 0 Å². The zero-order chi connectivity index (χ0) is 13.1. The Hall–Kier alpha value is -1.12. The molecule has 1 saturated carbocycles. The molecule has 1 aromatic rings. The minimum Gasteiger partial charge on any atom is -0.311 e. The molecule has 2 unspecified atom stereocenters. The van der Waals surface area contributed by atoms with Crippen LogP contribution >= 0.6 is 0 Å². The van der Waals surface area contributed by atoms with Crippen molar-refractivity contribution >= 4 is 0 Å². The van der Waals surface area contributed by atoms with E-state index in [4.69, 9.17) is 0 Å². The van der Waals surface area contributed by atoms with Gasteiger partial charge in [0.2, 0.25) is 0 Å². The second kappa shape index (κ2) is 5.89. The number of nitrogens with one attached hydrogen (secondary N) is 1. The second-order valence-corrected chi connectivity index (χ2v) is 5.85. The molecular formula is C17H24N2. The lowest BCUT2D eigenvalue weighted by Gasteiger charge is -2.41. The van der Waals surface area contributed by atoms with Crippen molar-refractivity contribution in [1.29, 1.82) is 0 Å². The fraction of sp³-hybridized carbons (Fsp3) is 0.529. The average molecular weight is 256 g/mol. The Kier molecular flexibility index (Phi) is 4.00. The van der Waals surface area contributed by atoms with Crippen molar-refractivity contribution in [2.75, 3.05) is 19.6 Å². The van der Waals surface area contributed by atoms with Crippen molar-refractivity contribution in [3.8, 4) is 0 Å². The van der Waals surface area contributed by atoms with Gasteiger partial charge in [-0.2, -0.15) is 0 Å². The molecule has 1 aliphatic carbocycles. The van der Waals surface area contributed by atoms with Gasteiger partial charge in [0.1, 0.15) is 0 Å². The van der Waals surface area contributed by atoms with Crippen LogP contribution in [0.25, 0.3) is 0 Å². The largest absolute Gasteiger partial charge is 0.311 e. The number of nitrogens with zero attached hydrogens (tertiary/aromatic N) is 1. The average Bonchev–Trinajstić information content (AvgIpc) is 3.30. The zero-order valence-electron chi connectivity index (χ0n) is 11.6. The first kappa shape index (κ1) is 12.9. The van der Waals surface area contributed by atoms with E-state index in [1.165, 1.54) is 24.9 Å². The zero-order valence-corrected chi connectivity index (χ0v) is 11.6. The summed E-state index contributed by atoms with van der Waals surface area (Å²) in [7, 11) is 0. The molecular weight excluding hydrogens is 232 g/mol. The summed E-state index contributed by atoms with van der Waals surface area (Å²) >= 11 is 0. The predicted octanol–water partition coefficient (Wildman–Crippen LogP) is 2.99. The smallest absolute Gasteiger partial charge is 0.0473 e. The molecule has 2 aliphatic rings. The van der Waals surface area contributed by atoms with Gasteiger partial charge in [0.05, 0.1) is 0 Å². The molecule has 19 heavy (non-hydrogen) atoms. The van der Waals surface area contributed by atoms with Crippen LogP contribution in [0.4, 0.5) is 0 Å². The monoisotopic (exact) mass is 256 g/mol. The van der Waals surface area contributed by atoms with Gasteiger partial charge < -0.3 is 5.32 Å². The Morgan fingerprint density at radius 3 is 2.74 bits per heavy atom. The number of rotatable bonds is 5. The van der Waals surface area contributed by atoms with E-state index in [-0.39, 0.29) is 0 Å². The van der Waals surface area contributed by atoms with Gasteiger partial charge >= 0.3 is 0 Å². The fourth-order valence-electron chi connectivity index (χ4n) is 3.16. The fourth-order valence-corrected chi connectivity index (χ4v) is 3.16. The Bertz CT molecular complexity index is 411. The summed E-state index contributed by atoms with van der Waals surface area (Å²) in [6, 6.07) is 12.1. The number of hydrogen-bond acceptors (Lipinski definition) is 2. The van der Waals surface area contributed by atoms with Crippen molar-refractivity contribution in [1.82, 2.24) is 10.2 Å². The molecule has 1 saturated heterocycles. The molecule has 1 aliphatic heterocycles. The normalized spacial score (nSPS) is 28.2. The molecule has 0 spiro atoms. The van der Waals surface area contributed by atoms with Crippen molar-refractivity contribution in [3.63, 3.8) is 0 Å². The SMILES string of the molecule is C=CCCN1CC(C2CC2)NCC1c1ccccc1. The molecule has 0 amide bonds. The molecule has 102 valence electrons. The third-order valence-corrected chi connectivity index (χ3v) is 4.44. The van der Waals surface area contributed by atoms with E-state index in [9.17, 15) is 0 Å². The van der Waals surface area contributed by atoms with E-state index in [2.05, 4.69) is 47.1 Å². The number of hydrogen-bond donors (Lipinski definition) is 1. The van der Waals surface area contributed by atoms with E-state index in [0.717, 1.165) is 25.4 Å². The lowest BCUT2D eigenvalue weighted by molar-refractivity contribution is 0.124. The first-order valence-electron chi connectivity index (χ1n) is 7.52. The second-order valence-electron chi connectivity index (χ2n) is 5.85. The summed E-state index contributed by atoms with van der Waals surface area (Å²) in [6.45, 7) is 7.28. The lowest BCUT2D eigenvalue weighted by atomic mass is 9.99. The van der Waals surface area contributed by atoms with Crippen LogP contribution in [0.3, 0.4) is 0 Å². The first-order chi connectivity index (χ1) is 9.38. The maximum absolute atomic E-state index is 3.87. The maximum Gasteiger partial charge on any atom is 0.0473 e. The Morgan fingerprint density at radius 2 is 2.05 bits per heavy atom. The van der Waals surface area contributed by atoms with Gasteiger partial charge in [0.15, 0.2) is 0 Å². The molecule has 1 aromatic carbocycles. The highest BCUT2D eigenvalue weighted by Crippen LogP contribution is 2.36. The lowest BCUT2D eigenvalue weighted by Crippen LogP contribution is -2.53. The molecule has 2 atom stereocenters. The van der Waals surface area contributed by atoms with Gasteiger partial charge in [-0.05, 0) is 30.7 Å². The molecule has 2 fully saturated rings. The third-order valence-electron chi connectivity index (χ3n) is 4.44. The molecule has 0 aromatic heterocycles. The molecule has 1 heterocycles. The van der Waals surface area contributed by atoms with Gasteiger partial charge in [-0.15, -0.1) is 6.58 Å². The molecule has 1 N–H and O–H groups in total. The topological polar surface area (TPSA) is 15.3 Å². The minimum atomic E-state index is 0.524. The van der Waals surface area contributed by atoms with E-state index < -0.39 is 0 Å². The summed E-state index contributed by atoms with van der Waals surface area (Å²) in [4.78, 5) is 2.65. The first-order valence-corrected chi connectivity index (χ1v) is 7.52. The highest BCUT2D eigenvalue weighted by molar-refractivity contribution is 5.20. The van der Waals surface area contributed by atoms with Gasteiger partial charge in [-0.25, -0.2) is 0 Å². The van der Waals surface area contributed by atoms with Crippen molar-refractivity contribution in [2.45, 2.75) is 31.3 Å².